The van der Waals surface area contributed by atoms with Gasteiger partial charge in [-0.3, -0.25) is 4.79 Å². The van der Waals surface area contributed by atoms with Gasteiger partial charge >= 0.3 is 0 Å². The Morgan fingerprint density at radius 3 is 3.06 bits per heavy atom. The largest absolute Gasteiger partial charge is 0.355 e. The van der Waals surface area contributed by atoms with Crippen molar-refractivity contribution >= 4 is 5.91 Å². The van der Waals surface area contributed by atoms with Crippen molar-refractivity contribution in [1.29, 1.82) is 0 Å². The molecule has 1 heterocycles. The lowest BCUT2D eigenvalue weighted by Crippen LogP contribution is -2.29. The van der Waals surface area contributed by atoms with Gasteiger partial charge in [-0.1, -0.05) is 13.3 Å². The molecule has 0 saturated carbocycles. The van der Waals surface area contributed by atoms with E-state index in [0.717, 1.165) is 25.2 Å². The van der Waals surface area contributed by atoms with Gasteiger partial charge in [0.2, 0.25) is 5.91 Å². The van der Waals surface area contributed by atoms with E-state index in [2.05, 4.69) is 22.5 Å². The lowest BCUT2D eigenvalue weighted by atomic mass is 10.3. The minimum absolute atomic E-state index is 0.0452. The zero-order valence-corrected chi connectivity index (χ0v) is 9.99. The Hall–Kier alpha value is -1.36. The molecule has 0 fully saturated rings. The van der Waals surface area contributed by atoms with Crippen molar-refractivity contribution < 1.29 is 4.79 Å². The summed E-state index contributed by atoms with van der Waals surface area (Å²) in [5.41, 5.74) is 0. The average Bonchev–Trinajstić information content (AvgIpc) is 2.67. The molecule has 2 N–H and O–H groups in total. The van der Waals surface area contributed by atoms with E-state index in [1.165, 1.54) is 0 Å². The Labute approximate surface area is 96.3 Å². The number of nitrogens with zero attached hydrogens (tertiary/aromatic N) is 2. The minimum atomic E-state index is 0.0452. The maximum absolute atomic E-state index is 11.6. The summed E-state index contributed by atoms with van der Waals surface area (Å²) >= 11 is 0. The monoisotopic (exact) mass is 224 g/mol. The topological polar surface area (TPSA) is 59.0 Å². The van der Waals surface area contributed by atoms with E-state index in [0.29, 0.717) is 13.1 Å². The van der Waals surface area contributed by atoms with Crippen LogP contribution in [0, 0.1) is 0 Å². The van der Waals surface area contributed by atoms with Crippen molar-refractivity contribution in [3.8, 4) is 0 Å². The first kappa shape index (κ1) is 12.7. The van der Waals surface area contributed by atoms with Gasteiger partial charge in [0.15, 0.2) is 0 Å². The number of rotatable bonds is 7. The highest BCUT2D eigenvalue weighted by atomic mass is 16.1. The first-order valence-corrected chi connectivity index (χ1v) is 5.69. The first-order valence-electron chi connectivity index (χ1n) is 5.69. The van der Waals surface area contributed by atoms with Crippen molar-refractivity contribution in [2.75, 3.05) is 13.6 Å². The van der Waals surface area contributed by atoms with E-state index in [9.17, 15) is 4.79 Å². The smallest absolute Gasteiger partial charge is 0.239 e. The molecule has 0 spiro atoms. The Kier molecular flexibility index (Phi) is 5.56. The third-order valence-corrected chi connectivity index (χ3v) is 2.30. The predicted octanol–water partition coefficient (Wildman–Crippen LogP) is 0.519. The molecule has 0 radical (unpaired) electrons. The van der Waals surface area contributed by atoms with E-state index in [1.807, 2.05) is 17.8 Å². The Bertz CT molecular complexity index is 322. The van der Waals surface area contributed by atoms with Crippen molar-refractivity contribution in [3.05, 3.63) is 18.2 Å². The summed E-state index contributed by atoms with van der Waals surface area (Å²) in [6, 6.07) is 0. The fourth-order valence-corrected chi connectivity index (χ4v) is 1.42. The fraction of sp³-hybridized carbons (Fsp3) is 0.636. The summed E-state index contributed by atoms with van der Waals surface area (Å²) < 4.78 is 1.86. The number of hydrogen-bond donors (Lipinski definition) is 2. The molecule has 90 valence electrons. The molecule has 1 aromatic heterocycles. The number of carbonyl (C=O) groups is 1. The highest BCUT2D eigenvalue weighted by Crippen LogP contribution is 1.96. The molecule has 0 aliphatic rings. The molecule has 16 heavy (non-hydrogen) atoms. The summed E-state index contributed by atoms with van der Waals surface area (Å²) in [7, 11) is 1.86. The third-order valence-electron chi connectivity index (χ3n) is 2.30. The van der Waals surface area contributed by atoms with Gasteiger partial charge in [-0.05, 0) is 13.5 Å². The van der Waals surface area contributed by atoms with Crippen LogP contribution in [0.3, 0.4) is 0 Å². The van der Waals surface area contributed by atoms with E-state index in [1.54, 1.807) is 6.20 Å². The number of aromatic nitrogens is 2. The van der Waals surface area contributed by atoms with Crippen LogP contribution in [0.15, 0.2) is 12.4 Å². The molecule has 0 saturated heterocycles. The van der Waals surface area contributed by atoms with Crippen LogP contribution in [0.4, 0.5) is 0 Å². The molecule has 0 aliphatic heterocycles. The Balaban J connectivity index is 2.39. The van der Waals surface area contributed by atoms with Crippen LogP contribution in [0.25, 0.3) is 0 Å². The van der Waals surface area contributed by atoms with Gasteiger partial charge in [-0.15, -0.1) is 0 Å². The number of nitrogens with one attached hydrogen (secondary N) is 2. The minimum Gasteiger partial charge on any atom is -0.355 e. The van der Waals surface area contributed by atoms with E-state index >= 15 is 0 Å². The lowest BCUT2D eigenvalue weighted by molar-refractivity contribution is -0.121. The Morgan fingerprint density at radius 2 is 2.38 bits per heavy atom. The molecule has 0 unspecified atom stereocenters. The highest BCUT2D eigenvalue weighted by molar-refractivity contribution is 5.75. The second-order valence-electron chi connectivity index (χ2n) is 3.71. The Morgan fingerprint density at radius 1 is 1.56 bits per heavy atom. The summed E-state index contributed by atoms with van der Waals surface area (Å²) in [5.74, 6) is 0.928. The van der Waals surface area contributed by atoms with Gasteiger partial charge < -0.3 is 15.2 Å². The molecular weight excluding hydrogens is 204 g/mol. The molecular formula is C11H20N4O. The van der Waals surface area contributed by atoms with Crippen LogP contribution in [-0.2, 0) is 17.9 Å². The molecule has 1 amide bonds. The van der Waals surface area contributed by atoms with Crippen LogP contribution in [0.5, 0.6) is 0 Å². The number of carbonyl (C=O) groups excluding carboxylic acids is 1. The first-order chi connectivity index (χ1) is 7.77. The second kappa shape index (κ2) is 7.00. The number of imidazole rings is 1. The van der Waals surface area contributed by atoms with Crippen molar-refractivity contribution in [3.63, 3.8) is 0 Å². The summed E-state index contributed by atoms with van der Waals surface area (Å²) in [6.07, 6.45) is 5.66. The van der Waals surface area contributed by atoms with Crippen LogP contribution in [0.1, 0.15) is 25.6 Å². The van der Waals surface area contributed by atoms with Gasteiger partial charge in [0.05, 0.1) is 6.54 Å². The molecule has 0 atom stereocenters. The fourth-order valence-electron chi connectivity index (χ4n) is 1.42. The SMILES string of the molecule is CCCCNC(=O)Cn1ccnc1CNC. The molecule has 0 aromatic carbocycles. The van der Waals surface area contributed by atoms with Gasteiger partial charge in [-0.2, -0.15) is 0 Å². The van der Waals surface area contributed by atoms with Crippen LogP contribution in [-0.4, -0.2) is 29.1 Å². The molecule has 0 aliphatic carbocycles. The van der Waals surface area contributed by atoms with Gasteiger partial charge in [0.25, 0.3) is 0 Å². The summed E-state index contributed by atoms with van der Waals surface area (Å²) in [5, 5.41) is 5.90. The van der Waals surface area contributed by atoms with Crippen molar-refractivity contribution in [1.82, 2.24) is 20.2 Å². The maximum Gasteiger partial charge on any atom is 0.239 e. The van der Waals surface area contributed by atoms with Gasteiger partial charge in [0, 0.05) is 18.9 Å². The number of hydrogen-bond acceptors (Lipinski definition) is 3. The lowest BCUT2D eigenvalue weighted by Gasteiger charge is -2.08. The standard InChI is InChI=1S/C11H20N4O/c1-3-4-5-14-11(16)9-15-7-6-13-10(15)8-12-2/h6-7,12H,3-5,8-9H2,1-2H3,(H,14,16). The normalized spacial score (nSPS) is 10.4. The van der Waals surface area contributed by atoms with E-state index in [4.69, 9.17) is 0 Å². The molecule has 1 aromatic rings. The number of amides is 1. The third kappa shape index (κ3) is 4.02. The molecule has 5 nitrogen and oxygen atoms in total. The zero-order chi connectivity index (χ0) is 11.8. The molecule has 0 bridgehead atoms. The van der Waals surface area contributed by atoms with Gasteiger partial charge in [-0.25, -0.2) is 4.98 Å². The average molecular weight is 224 g/mol. The second-order valence-corrected chi connectivity index (χ2v) is 3.71. The zero-order valence-electron chi connectivity index (χ0n) is 9.99. The van der Waals surface area contributed by atoms with Crippen LogP contribution < -0.4 is 10.6 Å². The highest BCUT2D eigenvalue weighted by Gasteiger charge is 2.06. The van der Waals surface area contributed by atoms with Crippen LogP contribution >= 0.6 is 0 Å². The quantitative estimate of drug-likeness (QED) is 0.664. The van der Waals surface area contributed by atoms with Crippen molar-refractivity contribution in [2.24, 2.45) is 0 Å². The van der Waals surface area contributed by atoms with Crippen LogP contribution in [0.2, 0.25) is 0 Å². The van der Waals surface area contributed by atoms with E-state index in [-0.39, 0.29) is 5.91 Å². The summed E-state index contributed by atoms with van der Waals surface area (Å²) in [6.45, 7) is 3.88. The molecule has 5 heteroatoms. The van der Waals surface area contributed by atoms with Crippen molar-refractivity contribution in [2.45, 2.75) is 32.9 Å². The summed E-state index contributed by atoms with van der Waals surface area (Å²) in [4.78, 5) is 15.7. The predicted molar refractivity (Wildman–Crippen MR) is 62.9 cm³/mol. The van der Waals surface area contributed by atoms with Gasteiger partial charge in [0.1, 0.15) is 12.4 Å². The number of unbranched alkanes of at least 4 members (excludes halogenated alkanes) is 1. The maximum atomic E-state index is 11.6. The molecule has 1 rings (SSSR count). The van der Waals surface area contributed by atoms with E-state index < -0.39 is 0 Å².